The molecule has 0 aliphatic rings. The van der Waals surface area contributed by atoms with Gasteiger partial charge in [-0.1, -0.05) is 29.8 Å². The molecule has 0 unspecified atom stereocenters. The van der Waals surface area contributed by atoms with Gasteiger partial charge < -0.3 is 10.4 Å². The first-order valence-corrected chi connectivity index (χ1v) is 8.42. The number of aromatic amines is 1. The van der Waals surface area contributed by atoms with Crippen molar-refractivity contribution in [3.63, 3.8) is 0 Å². The number of phenolic OH excluding ortho intramolecular Hbond substituents is 1. The van der Waals surface area contributed by atoms with Gasteiger partial charge >= 0.3 is 5.16 Å². The summed E-state index contributed by atoms with van der Waals surface area (Å²) in [5.41, 5.74) is 1.21. The van der Waals surface area contributed by atoms with Crippen LogP contribution in [0, 0.1) is 0 Å². The smallest absolute Gasteiger partial charge is 0.385 e. The highest BCUT2D eigenvalue weighted by molar-refractivity contribution is 7.99. The van der Waals surface area contributed by atoms with E-state index in [1.165, 1.54) is 23.9 Å². The number of aromatic nitrogens is 3. The molecule has 1 heterocycles. The first-order chi connectivity index (χ1) is 11.6. The van der Waals surface area contributed by atoms with Gasteiger partial charge in [-0.05, 0) is 47.1 Å². The van der Waals surface area contributed by atoms with E-state index < -0.39 is 0 Å². The molecule has 122 valence electrons. The zero-order chi connectivity index (χ0) is 16.9. The van der Waals surface area contributed by atoms with Gasteiger partial charge in [0.1, 0.15) is 5.75 Å². The predicted octanol–water partition coefficient (Wildman–Crippen LogP) is 2.78. The van der Waals surface area contributed by atoms with Crippen molar-refractivity contribution in [2.75, 3.05) is 11.1 Å². The van der Waals surface area contributed by atoms with Crippen molar-refractivity contribution >= 4 is 35.0 Å². The second-order valence-electron chi connectivity index (χ2n) is 4.84. The lowest BCUT2D eigenvalue weighted by atomic mass is 10.3. The fourth-order valence-electron chi connectivity index (χ4n) is 2.04. The summed E-state index contributed by atoms with van der Waals surface area (Å²) in [6.45, 7) is 0. The van der Waals surface area contributed by atoms with Crippen LogP contribution in [0.4, 0.5) is 5.69 Å². The third kappa shape index (κ3) is 3.87. The maximum absolute atomic E-state index is 12.1. The lowest BCUT2D eigenvalue weighted by molar-refractivity contribution is -0.694. The van der Waals surface area contributed by atoms with Crippen LogP contribution < -0.4 is 10.00 Å². The molecular formula is C16H14ClN4O2S+. The summed E-state index contributed by atoms with van der Waals surface area (Å²) in [5, 5.41) is 16.5. The molecule has 1 amide bonds. The van der Waals surface area contributed by atoms with E-state index in [9.17, 15) is 9.90 Å². The van der Waals surface area contributed by atoms with Gasteiger partial charge in [-0.25, -0.2) is 0 Å². The Labute approximate surface area is 147 Å². The van der Waals surface area contributed by atoms with E-state index in [2.05, 4.69) is 15.4 Å². The third-order valence-electron chi connectivity index (χ3n) is 3.13. The molecule has 3 aromatic rings. The summed E-state index contributed by atoms with van der Waals surface area (Å²) < 4.78 is 1.79. The molecule has 0 saturated heterocycles. The zero-order valence-corrected chi connectivity index (χ0v) is 14.0. The van der Waals surface area contributed by atoms with Crippen molar-refractivity contribution in [1.82, 2.24) is 10.1 Å². The number of rotatable bonds is 5. The number of nitrogens with one attached hydrogen (secondary N) is 2. The van der Waals surface area contributed by atoms with Gasteiger partial charge in [0, 0.05) is 5.02 Å². The topological polar surface area (TPSA) is 81.9 Å². The van der Waals surface area contributed by atoms with Gasteiger partial charge in [-0.3, -0.25) is 4.79 Å². The number of benzene rings is 2. The highest BCUT2D eigenvalue weighted by Crippen LogP contribution is 2.26. The van der Waals surface area contributed by atoms with Crippen LogP contribution >= 0.6 is 23.4 Å². The highest BCUT2D eigenvalue weighted by Gasteiger charge is 2.18. The van der Waals surface area contributed by atoms with E-state index in [-0.39, 0.29) is 23.1 Å². The van der Waals surface area contributed by atoms with Crippen molar-refractivity contribution in [3.05, 3.63) is 59.9 Å². The number of halogens is 1. The zero-order valence-electron chi connectivity index (χ0n) is 12.4. The van der Waals surface area contributed by atoms with Gasteiger partial charge in [0.05, 0.1) is 11.4 Å². The molecule has 6 nitrogen and oxygen atoms in total. The Balaban J connectivity index is 1.65. The van der Waals surface area contributed by atoms with Crippen LogP contribution in [0.15, 0.2) is 60.0 Å². The lowest BCUT2D eigenvalue weighted by Crippen LogP contribution is -2.35. The summed E-state index contributed by atoms with van der Waals surface area (Å²) in [6, 6.07) is 14.1. The highest BCUT2D eigenvalue weighted by atomic mass is 35.5. The number of anilines is 1. The molecule has 0 atom stereocenters. The van der Waals surface area contributed by atoms with Crippen molar-refractivity contribution < 1.29 is 14.6 Å². The largest absolute Gasteiger partial charge is 0.506 e. The molecule has 0 aliphatic heterocycles. The summed E-state index contributed by atoms with van der Waals surface area (Å²) in [5.74, 6) is -0.152. The number of carbonyl (C=O) groups excluding carboxylic acids is 1. The van der Waals surface area contributed by atoms with Crippen LogP contribution in [0.3, 0.4) is 0 Å². The Bertz CT molecular complexity index is 854. The van der Waals surface area contributed by atoms with Crippen molar-refractivity contribution in [2.24, 2.45) is 0 Å². The molecule has 0 radical (unpaired) electrons. The van der Waals surface area contributed by atoms with Crippen LogP contribution in [0.25, 0.3) is 5.69 Å². The molecule has 24 heavy (non-hydrogen) atoms. The first-order valence-electron chi connectivity index (χ1n) is 7.05. The number of amides is 1. The fourth-order valence-corrected chi connectivity index (χ4v) is 2.96. The molecule has 3 rings (SSSR count). The molecule has 0 bridgehead atoms. The average Bonchev–Trinajstić information content (AvgIpc) is 3.06. The van der Waals surface area contributed by atoms with Gasteiger partial charge in [-0.2, -0.15) is 5.10 Å². The number of carbonyl (C=O) groups is 1. The van der Waals surface area contributed by atoms with Crippen molar-refractivity contribution in [1.29, 1.82) is 0 Å². The number of phenols is 1. The first kappa shape index (κ1) is 16.4. The molecule has 0 aliphatic carbocycles. The summed E-state index contributed by atoms with van der Waals surface area (Å²) >= 11 is 7.14. The number of thioether (sulfide) groups is 1. The molecular weight excluding hydrogens is 348 g/mol. The number of hydrogen-bond acceptors (Lipinski definition) is 4. The monoisotopic (exact) mass is 361 g/mol. The molecule has 3 N–H and O–H groups in total. The molecule has 8 heteroatoms. The Morgan fingerprint density at radius 3 is 2.88 bits per heavy atom. The fraction of sp³-hybridized carbons (Fsp3) is 0.0625. The van der Waals surface area contributed by atoms with Crippen molar-refractivity contribution in [3.8, 4) is 11.4 Å². The Kier molecular flexibility index (Phi) is 5.02. The second-order valence-corrected chi connectivity index (χ2v) is 6.22. The van der Waals surface area contributed by atoms with E-state index in [0.717, 1.165) is 5.69 Å². The van der Waals surface area contributed by atoms with E-state index in [4.69, 9.17) is 11.6 Å². The van der Waals surface area contributed by atoms with E-state index in [1.54, 1.807) is 17.1 Å². The Morgan fingerprint density at radius 1 is 1.29 bits per heavy atom. The van der Waals surface area contributed by atoms with Gasteiger partial charge in [0.25, 0.3) is 0 Å². The van der Waals surface area contributed by atoms with E-state index >= 15 is 0 Å². The molecule has 0 spiro atoms. The van der Waals surface area contributed by atoms with Gasteiger partial charge in [0.2, 0.25) is 12.2 Å². The van der Waals surface area contributed by atoms with Gasteiger partial charge in [0.15, 0.2) is 5.69 Å². The minimum Gasteiger partial charge on any atom is -0.506 e. The maximum Gasteiger partial charge on any atom is 0.385 e. The van der Waals surface area contributed by atoms with Crippen LogP contribution in [-0.2, 0) is 4.79 Å². The van der Waals surface area contributed by atoms with Crippen LogP contribution in [0.5, 0.6) is 5.75 Å². The van der Waals surface area contributed by atoms with Crippen molar-refractivity contribution in [2.45, 2.75) is 5.16 Å². The standard InChI is InChI=1S/C16H13ClN4O2S/c17-11-6-7-14(22)13(8-11)20-15(23)9-24-16-18-10-19-21(16)12-4-2-1-3-5-12/h1-8,10H,9H2,(H2,20,22,23)/p+1. The number of H-pyrrole nitrogens is 1. The minimum absolute atomic E-state index is 0.0307. The summed E-state index contributed by atoms with van der Waals surface area (Å²) in [4.78, 5) is 16.3. The van der Waals surface area contributed by atoms with E-state index in [0.29, 0.717) is 10.2 Å². The third-order valence-corrected chi connectivity index (χ3v) is 4.32. The summed E-state index contributed by atoms with van der Waals surface area (Å²) in [6.07, 6.45) is 1.57. The molecule has 1 aromatic heterocycles. The van der Waals surface area contributed by atoms with Crippen LogP contribution in [-0.4, -0.2) is 26.8 Å². The Hall–Kier alpha value is -2.51. The van der Waals surface area contributed by atoms with Crippen LogP contribution in [0.1, 0.15) is 0 Å². The van der Waals surface area contributed by atoms with Gasteiger partial charge in [-0.15, -0.1) is 4.68 Å². The predicted molar refractivity (Wildman–Crippen MR) is 92.6 cm³/mol. The quantitative estimate of drug-likeness (QED) is 0.371. The summed E-state index contributed by atoms with van der Waals surface area (Å²) in [7, 11) is 0. The van der Waals surface area contributed by atoms with Crippen LogP contribution in [0.2, 0.25) is 5.02 Å². The number of nitrogens with zero attached hydrogens (tertiary/aromatic N) is 2. The SMILES string of the molecule is O=C(CSc1nc[nH][n+]1-c1ccccc1)Nc1cc(Cl)ccc1O. The number of aromatic hydroxyl groups is 1. The molecule has 0 fully saturated rings. The number of para-hydroxylation sites is 1. The molecule has 2 aromatic carbocycles. The average molecular weight is 362 g/mol. The normalized spacial score (nSPS) is 10.5. The maximum atomic E-state index is 12.1. The Morgan fingerprint density at radius 2 is 2.08 bits per heavy atom. The molecule has 0 saturated carbocycles. The lowest BCUT2D eigenvalue weighted by Gasteiger charge is -2.06. The minimum atomic E-state index is -0.264. The second kappa shape index (κ2) is 7.37. The number of hydrogen-bond donors (Lipinski definition) is 3. The van der Waals surface area contributed by atoms with E-state index in [1.807, 2.05) is 30.3 Å².